The molecule has 0 saturated carbocycles. The molecule has 2 aromatic carbocycles. The molecule has 0 spiro atoms. The zero-order valence-corrected chi connectivity index (χ0v) is 14.0. The van der Waals surface area contributed by atoms with Crippen molar-refractivity contribution < 1.29 is 19.3 Å². The number of benzene rings is 2. The summed E-state index contributed by atoms with van der Waals surface area (Å²) in [5.74, 6) is 1.67. The van der Waals surface area contributed by atoms with Crippen LogP contribution in [0.15, 0.2) is 48.5 Å². The summed E-state index contributed by atoms with van der Waals surface area (Å²) < 4.78 is 16.3. The van der Waals surface area contributed by atoms with Crippen molar-refractivity contribution >= 4 is 0 Å². The summed E-state index contributed by atoms with van der Waals surface area (Å²) in [7, 11) is 0. The molecule has 2 atom stereocenters. The van der Waals surface area contributed by atoms with E-state index in [0.717, 1.165) is 24.5 Å². The van der Waals surface area contributed by atoms with Crippen LogP contribution in [0.2, 0.25) is 0 Å². The number of epoxide rings is 1. The Bertz CT molecular complexity index is 617. The minimum Gasteiger partial charge on any atom is -0.491 e. The van der Waals surface area contributed by atoms with E-state index >= 15 is 0 Å². The molecule has 1 heterocycles. The topological polar surface area (TPSA) is 51.2 Å². The lowest BCUT2D eigenvalue weighted by molar-refractivity contribution is 0.104. The van der Waals surface area contributed by atoms with Gasteiger partial charge in [0.2, 0.25) is 0 Å². The molecule has 0 aromatic heterocycles. The van der Waals surface area contributed by atoms with Crippen LogP contribution in [0, 0.1) is 0 Å². The maximum Gasteiger partial charge on any atom is 0.119 e. The Morgan fingerprint density at radius 2 is 1.54 bits per heavy atom. The van der Waals surface area contributed by atoms with Gasteiger partial charge in [-0.2, -0.15) is 0 Å². The Balaban J connectivity index is 1.49. The van der Waals surface area contributed by atoms with Gasteiger partial charge >= 0.3 is 0 Å². The zero-order chi connectivity index (χ0) is 16.8. The first kappa shape index (κ1) is 16.8. The van der Waals surface area contributed by atoms with Gasteiger partial charge in [-0.25, -0.2) is 0 Å². The Morgan fingerprint density at radius 3 is 2.04 bits per heavy atom. The van der Waals surface area contributed by atoms with E-state index in [0.29, 0.717) is 19.6 Å². The van der Waals surface area contributed by atoms with Gasteiger partial charge in [-0.15, -0.1) is 0 Å². The molecule has 1 aliphatic rings. The summed E-state index contributed by atoms with van der Waals surface area (Å²) >= 11 is 0. The third-order valence-corrected chi connectivity index (χ3v) is 4.01. The van der Waals surface area contributed by atoms with Crippen molar-refractivity contribution in [3.05, 3.63) is 59.7 Å². The van der Waals surface area contributed by atoms with E-state index in [9.17, 15) is 5.11 Å². The van der Waals surface area contributed by atoms with Crippen molar-refractivity contribution in [3.63, 3.8) is 0 Å². The summed E-state index contributed by atoms with van der Waals surface area (Å²) in [5.41, 5.74) is 2.46. The van der Waals surface area contributed by atoms with Gasteiger partial charge in [0.1, 0.15) is 30.8 Å². The molecule has 1 fully saturated rings. The molecule has 1 saturated heterocycles. The molecule has 0 aliphatic carbocycles. The summed E-state index contributed by atoms with van der Waals surface area (Å²) in [6.07, 6.45) is 1.44. The fourth-order valence-corrected chi connectivity index (χ4v) is 2.31. The molecule has 2 aromatic rings. The molecular formula is C20H24O4. The molecule has 128 valence electrons. The van der Waals surface area contributed by atoms with Crippen molar-refractivity contribution in [1.29, 1.82) is 0 Å². The van der Waals surface area contributed by atoms with Crippen molar-refractivity contribution in [1.82, 2.24) is 0 Å². The van der Waals surface area contributed by atoms with E-state index in [1.165, 1.54) is 11.1 Å². The largest absolute Gasteiger partial charge is 0.491 e. The molecule has 4 nitrogen and oxygen atoms in total. The molecular weight excluding hydrogens is 304 g/mol. The van der Waals surface area contributed by atoms with E-state index < -0.39 is 6.10 Å². The van der Waals surface area contributed by atoms with E-state index in [1.807, 2.05) is 31.2 Å². The van der Waals surface area contributed by atoms with Crippen molar-refractivity contribution in [3.8, 4) is 11.5 Å². The van der Waals surface area contributed by atoms with Gasteiger partial charge < -0.3 is 19.3 Å². The lowest BCUT2D eigenvalue weighted by atomic mass is 10.0. The van der Waals surface area contributed by atoms with Crippen LogP contribution in [-0.2, 0) is 11.2 Å². The van der Waals surface area contributed by atoms with E-state index in [-0.39, 0.29) is 6.10 Å². The van der Waals surface area contributed by atoms with Gasteiger partial charge in [0.05, 0.1) is 12.7 Å². The molecule has 3 rings (SSSR count). The average Bonchev–Trinajstić information content (AvgIpc) is 3.45. The Kier molecular flexibility index (Phi) is 5.72. The van der Waals surface area contributed by atoms with Crippen LogP contribution in [-0.4, -0.2) is 37.1 Å². The highest BCUT2D eigenvalue weighted by atomic mass is 16.6. The lowest BCUT2D eigenvalue weighted by Gasteiger charge is -2.11. The predicted octanol–water partition coefficient (Wildman–Crippen LogP) is 3.20. The predicted molar refractivity (Wildman–Crippen MR) is 92.7 cm³/mol. The van der Waals surface area contributed by atoms with Gasteiger partial charge in [-0.3, -0.25) is 0 Å². The molecule has 0 amide bonds. The van der Waals surface area contributed by atoms with Crippen LogP contribution in [0.3, 0.4) is 0 Å². The van der Waals surface area contributed by atoms with Gasteiger partial charge in [0, 0.05) is 0 Å². The summed E-state index contributed by atoms with van der Waals surface area (Å²) in [6.45, 7) is 3.72. The third-order valence-electron chi connectivity index (χ3n) is 4.01. The Morgan fingerprint density at radius 1 is 1.00 bits per heavy atom. The SMILES string of the molecule is CCC(O)COc1ccc(Cc2ccc(OCC3CO3)cc2)cc1. The van der Waals surface area contributed by atoms with Gasteiger partial charge in [-0.05, 0) is 48.2 Å². The first-order chi connectivity index (χ1) is 11.7. The fraction of sp³-hybridized carbons (Fsp3) is 0.400. The van der Waals surface area contributed by atoms with Crippen LogP contribution >= 0.6 is 0 Å². The minimum atomic E-state index is -0.406. The maximum atomic E-state index is 9.52. The first-order valence-corrected chi connectivity index (χ1v) is 8.46. The van der Waals surface area contributed by atoms with Gasteiger partial charge in [0.25, 0.3) is 0 Å². The van der Waals surface area contributed by atoms with Crippen LogP contribution in [0.4, 0.5) is 0 Å². The van der Waals surface area contributed by atoms with E-state index in [4.69, 9.17) is 14.2 Å². The summed E-state index contributed by atoms with van der Waals surface area (Å²) in [6, 6.07) is 16.2. The fourth-order valence-electron chi connectivity index (χ4n) is 2.31. The molecule has 1 N–H and O–H groups in total. The normalized spacial score (nSPS) is 17.3. The van der Waals surface area contributed by atoms with E-state index in [1.54, 1.807) is 0 Å². The summed E-state index contributed by atoms with van der Waals surface area (Å²) in [4.78, 5) is 0. The number of ether oxygens (including phenoxy) is 3. The number of hydrogen-bond acceptors (Lipinski definition) is 4. The maximum absolute atomic E-state index is 9.52. The standard InChI is InChI=1S/C20H24O4/c1-2-17(21)12-22-18-7-3-15(4-8-18)11-16-5-9-19(10-6-16)23-13-20-14-24-20/h3-10,17,20-21H,2,11-14H2,1H3. The van der Waals surface area contributed by atoms with Crippen LogP contribution < -0.4 is 9.47 Å². The Hall–Kier alpha value is -2.04. The molecule has 0 bridgehead atoms. The van der Waals surface area contributed by atoms with Crippen LogP contribution in [0.5, 0.6) is 11.5 Å². The second-order valence-corrected chi connectivity index (χ2v) is 6.10. The molecule has 0 radical (unpaired) electrons. The average molecular weight is 328 g/mol. The third kappa shape index (κ3) is 5.25. The number of rotatable bonds is 9. The van der Waals surface area contributed by atoms with E-state index in [2.05, 4.69) is 24.3 Å². The van der Waals surface area contributed by atoms with Gasteiger partial charge in [0.15, 0.2) is 0 Å². The highest BCUT2D eigenvalue weighted by Gasteiger charge is 2.22. The number of aliphatic hydroxyl groups excluding tert-OH is 1. The lowest BCUT2D eigenvalue weighted by Crippen LogP contribution is -2.15. The second-order valence-electron chi connectivity index (χ2n) is 6.10. The van der Waals surface area contributed by atoms with Crippen LogP contribution in [0.25, 0.3) is 0 Å². The minimum absolute atomic E-state index is 0.281. The van der Waals surface area contributed by atoms with Crippen molar-refractivity contribution in [2.45, 2.75) is 32.0 Å². The van der Waals surface area contributed by atoms with Crippen molar-refractivity contribution in [2.75, 3.05) is 19.8 Å². The molecule has 24 heavy (non-hydrogen) atoms. The summed E-state index contributed by atoms with van der Waals surface area (Å²) in [5, 5.41) is 9.52. The van der Waals surface area contributed by atoms with Gasteiger partial charge in [-0.1, -0.05) is 31.2 Å². The number of hydrogen-bond donors (Lipinski definition) is 1. The zero-order valence-electron chi connectivity index (χ0n) is 14.0. The smallest absolute Gasteiger partial charge is 0.119 e. The van der Waals surface area contributed by atoms with Crippen LogP contribution in [0.1, 0.15) is 24.5 Å². The highest BCUT2D eigenvalue weighted by Crippen LogP contribution is 2.19. The monoisotopic (exact) mass is 328 g/mol. The first-order valence-electron chi connectivity index (χ1n) is 8.46. The number of aliphatic hydroxyl groups is 1. The molecule has 1 aliphatic heterocycles. The molecule has 4 heteroatoms. The second kappa shape index (κ2) is 8.18. The Labute approximate surface area is 143 Å². The molecule has 2 unspecified atom stereocenters. The highest BCUT2D eigenvalue weighted by molar-refractivity contribution is 5.34. The van der Waals surface area contributed by atoms with Crippen molar-refractivity contribution in [2.24, 2.45) is 0 Å². The quantitative estimate of drug-likeness (QED) is 0.718.